The van der Waals surface area contributed by atoms with Gasteiger partial charge in [0.05, 0.1) is 11.6 Å². The highest BCUT2D eigenvalue weighted by atomic mass is 16.2. The third-order valence-corrected chi connectivity index (χ3v) is 6.74. The Labute approximate surface area is 196 Å². The lowest BCUT2D eigenvalue weighted by molar-refractivity contribution is -0.140. The van der Waals surface area contributed by atoms with Crippen molar-refractivity contribution >= 4 is 23.3 Å². The van der Waals surface area contributed by atoms with Gasteiger partial charge in [0.25, 0.3) is 0 Å². The maximum absolute atomic E-state index is 12.8. The second-order valence-corrected chi connectivity index (χ2v) is 10.4. The van der Waals surface area contributed by atoms with E-state index >= 15 is 0 Å². The molecule has 33 heavy (non-hydrogen) atoms. The van der Waals surface area contributed by atoms with Gasteiger partial charge >= 0.3 is 0 Å². The zero-order valence-corrected chi connectivity index (χ0v) is 20.2. The van der Waals surface area contributed by atoms with Gasteiger partial charge in [0, 0.05) is 37.3 Å². The van der Waals surface area contributed by atoms with E-state index in [-0.39, 0.29) is 23.1 Å². The van der Waals surface area contributed by atoms with E-state index in [0.29, 0.717) is 12.5 Å². The first-order chi connectivity index (χ1) is 15.7. The topological polar surface area (TPSA) is 78.4 Å². The number of hydrogen-bond donors (Lipinski definition) is 1. The van der Waals surface area contributed by atoms with Gasteiger partial charge in [-0.15, -0.1) is 5.10 Å². The SMILES string of the molecule is Cc1ccc(N2CCC(C(=O)Nc3ccc(C4CCN(C(=O)C(C)(C)C)CC4)cc3)C2)nn1. The molecule has 0 spiro atoms. The summed E-state index contributed by atoms with van der Waals surface area (Å²) in [6.45, 7) is 10.9. The fourth-order valence-corrected chi connectivity index (χ4v) is 4.72. The summed E-state index contributed by atoms with van der Waals surface area (Å²) < 4.78 is 0. The van der Waals surface area contributed by atoms with Gasteiger partial charge in [-0.05, 0) is 61.9 Å². The number of piperidine rings is 1. The molecule has 1 atom stereocenters. The van der Waals surface area contributed by atoms with E-state index in [4.69, 9.17) is 0 Å². The second-order valence-electron chi connectivity index (χ2n) is 10.4. The molecule has 0 saturated carbocycles. The monoisotopic (exact) mass is 449 g/mol. The Balaban J connectivity index is 1.28. The number of nitrogens with one attached hydrogen (secondary N) is 1. The number of likely N-dealkylation sites (tertiary alicyclic amines) is 1. The molecule has 2 aliphatic heterocycles. The van der Waals surface area contributed by atoms with Crippen molar-refractivity contribution in [3.63, 3.8) is 0 Å². The fourth-order valence-electron chi connectivity index (χ4n) is 4.72. The van der Waals surface area contributed by atoms with Gasteiger partial charge in [0.15, 0.2) is 5.82 Å². The molecule has 0 aliphatic carbocycles. The normalized spacial score (nSPS) is 19.6. The van der Waals surface area contributed by atoms with Gasteiger partial charge in [-0.25, -0.2) is 0 Å². The Kier molecular flexibility index (Phi) is 6.68. The van der Waals surface area contributed by atoms with Gasteiger partial charge in [-0.2, -0.15) is 5.10 Å². The maximum atomic E-state index is 12.8. The first-order valence-electron chi connectivity index (χ1n) is 12.0. The number of aromatic nitrogens is 2. The summed E-state index contributed by atoms with van der Waals surface area (Å²) in [4.78, 5) is 29.4. The van der Waals surface area contributed by atoms with E-state index in [1.807, 2.05) is 56.9 Å². The molecule has 1 N–H and O–H groups in total. The van der Waals surface area contributed by atoms with Gasteiger partial charge in [-0.1, -0.05) is 32.9 Å². The van der Waals surface area contributed by atoms with Crippen LogP contribution in [0.5, 0.6) is 0 Å². The minimum atomic E-state index is -0.323. The van der Waals surface area contributed by atoms with Crippen LogP contribution in [0.25, 0.3) is 0 Å². The number of carbonyl (C=O) groups excluding carboxylic acids is 2. The summed E-state index contributed by atoms with van der Waals surface area (Å²) in [6.07, 6.45) is 2.77. The van der Waals surface area contributed by atoms with Crippen molar-refractivity contribution in [2.24, 2.45) is 11.3 Å². The predicted molar refractivity (Wildman–Crippen MR) is 130 cm³/mol. The van der Waals surface area contributed by atoms with Crippen molar-refractivity contribution in [3.8, 4) is 0 Å². The van der Waals surface area contributed by atoms with Crippen molar-refractivity contribution in [3.05, 3.63) is 47.7 Å². The van der Waals surface area contributed by atoms with E-state index in [2.05, 4.69) is 32.5 Å². The summed E-state index contributed by atoms with van der Waals surface area (Å²) in [5.41, 5.74) is 2.68. The maximum Gasteiger partial charge on any atom is 0.229 e. The highest BCUT2D eigenvalue weighted by molar-refractivity contribution is 5.93. The smallest absolute Gasteiger partial charge is 0.229 e. The first kappa shape index (κ1) is 23.2. The van der Waals surface area contributed by atoms with Crippen molar-refractivity contribution in [1.82, 2.24) is 15.1 Å². The molecule has 2 fully saturated rings. The number of benzene rings is 1. The average molecular weight is 450 g/mol. The largest absolute Gasteiger partial charge is 0.354 e. The van der Waals surface area contributed by atoms with E-state index < -0.39 is 0 Å². The summed E-state index contributed by atoms with van der Waals surface area (Å²) in [5, 5.41) is 11.4. The third kappa shape index (κ3) is 5.52. The molecule has 2 aliphatic rings. The fraction of sp³-hybridized carbons (Fsp3) is 0.538. The molecule has 2 amide bonds. The van der Waals surface area contributed by atoms with Gasteiger partial charge in [0.1, 0.15) is 0 Å². The number of hydrogen-bond acceptors (Lipinski definition) is 5. The molecule has 1 unspecified atom stereocenters. The first-order valence-corrected chi connectivity index (χ1v) is 12.0. The van der Waals surface area contributed by atoms with Crippen molar-refractivity contribution in [2.45, 2.75) is 52.9 Å². The highest BCUT2D eigenvalue weighted by Gasteiger charge is 2.31. The molecule has 7 heteroatoms. The number of aryl methyl sites for hydroxylation is 1. The minimum absolute atomic E-state index is 0.0549. The lowest BCUT2D eigenvalue weighted by atomic mass is 9.87. The lowest BCUT2D eigenvalue weighted by Crippen LogP contribution is -2.43. The zero-order chi connectivity index (χ0) is 23.6. The zero-order valence-electron chi connectivity index (χ0n) is 20.2. The standard InChI is InChI=1S/C26H35N5O2/c1-18-5-10-23(29-28-18)31-16-13-21(17-31)24(32)27-22-8-6-19(7-9-22)20-11-14-30(15-12-20)25(33)26(2,3)4/h5-10,20-21H,11-17H2,1-4H3,(H,27,32). The summed E-state index contributed by atoms with van der Waals surface area (Å²) in [7, 11) is 0. The Morgan fingerprint density at radius 3 is 2.24 bits per heavy atom. The second kappa shape index (κ2) is 9.49. The molecule has 1 aromatic heterocycles. The van der Waals surface area contributed by atoms with Crippen LogP contribution in [0.4, 0.5) is 11.5 Å². The van der Waals surface area contributed by atoms with Gasteiger partial charge < -0.3 is 15.1 Å². The van der Waals surface area contributed by atoms with Crippen LogP contribution in [0.15, 0.2) is 36.4 Å². The van der Waals surface area contributed by atoms with Crippen LogP contribution in [-0.2, 0) is 9.59 Å². The Hall–Kier alpha value is -2.96. The Morgan fingerprint density at radius 1 is 0.939 bits per heavy atom. The van der Waals surface area contributed by atoms with E-state index in [9.17, 15) is 9.59 Å². The van der Waals surface area contributed by atoms with Crippen LogP contribution in [0, 0.1) is 18.3 Å². The molecular formula is C26H35N5O2. The Bertz CT molecular complexity index is 973. The van der Waals surface area contributed by atoms with E-state index in [0.717, 1.165) is 56.1 Å². The van der Waals surface area contributed by atoms with Crippen molar-refractivity contribution in [1.29, 1.82) is 0 Å². The lowest BCUT2D eigenvalue weighted by Gasteiger charge is -2.36. The predicted octanol–water partition coefficient (Wildman–Crippen LogP) is 4.00. The third-order valence-electron chi connectivity index (χ3n) is 6.74. The van der Waals surface area contributed by atoms with Crippen LogP contribution in [0.2, 0.25) is 0 Å². The molecule has 4 rings (SSSR count). The van der Waals surface area contributed by atoms with Crippen LogP contribution in [0.3, 0.4) is 0 Å². The highest BCUT2D eigenvalue weighted by Crippen LogP contribution is 2.31. The molecule has 2 aromatic rings. The number of amides is 2. The molecule has 2 saturated heterocycles. The number of rotatable bonds is 4. The summed E-state index contributed by atoms with van der Waals surface area (Å²) >= 11 is 0. The molecule has 0 bridgehead atoms. The number of nitrogens with zero attached hydrogens (tertiary/aromatic N) is 4. The molecule has 1 aromatic carbocycles. The van der Waals surface area contributed by atoms with Crippen LogP contribution >= 0.6 is 0 Å². The van der Waals surface area contributed by atoms with E-state index in [1.165, 1.54) is 5.56 Å². The van der Waals surface area contributed by atoms with Crippen molar-refractivity contribution < 1.29 is 9.59 Å². The van der Waals surface area contributed by atoms with Gasteiger partial charge in [-0.3, -0.25) is 9.59 Å². The minimum Gasteiger partial charge on any atom is -0.354 e. The molecule has 3 heterocycles. The van der Waals surface area contributed by atoms with E-state index in [1.54, 1.807) is 0 Å². The average Bonchev–Trinajstić information content (AvgIpc) is 3.30. The molecular weight excluding hydrogens is 414 g/mol. The molecule has 176 valence electrons. The molecule has 0 radical (unpaired) electrons. The number of carbonyl (C=O) groups is 2. The van der Waals surface area contributed by atoms with Gasteiger partial charge in [0.2, 0.25) is 11.8 Å². The quantitative estimate of drug-likeness (QED) is 0.763. The summed E-state index contributed by atoms with van der Waals surface area (Å²) in [6, 6.07) is 12.1. The van der Waals surface area contributed by atoms with Crippen molar-refractivity contribution in [2.75, 3.05) is 36.4 Å². The Morgan fingerprint density at radius 2 is 1.64 bits per heavy atom. The van der Waals surface area contributed by atoms with Crippen LogP contribution in [0.1, 0.15) is 57.2 Å². The van der Waals surface area contributed by atoms with Crippen LogP contribution < -0.4 is 10.2 Å². The molecule has 7 nitrogen and oxygen atoms in total. The number of anilines is 2. The van der Waals surface area contributed by atoms with Crippen LogP contribution in [-0.4, -0.2) is 53.1 Å². The summed E-state index contributed by atoms with van der Waals surface area (Å²) in [5.74, 6) is 1.52.